The van der Waals surface area contributed by atoms with E-state index in [9.17, 15) is 14.4 Å². The summed E-state index contributed by atoms with van der Waals surface area (Å²) in [5, 5.41) is 5.63. The maximum Gasteiger partial charge on any atom is 0.408 e. The Morgan fingerprint density at radius 3 is 2.00 bits per heavy atom. The molecule has 3 amide bonds. The zero-order valence-electron chi connectivity index (χ0n) is 20.7. The molecule has 0 bridgehead atoms. The molecule has 32 heavy (non-hydrogen) atoms. The van der Waals surface area contributed by atoms with Crippen LogP contribution in [0.1, 0.15) is 83.5 Å². The number of hydrogen-bond acceptors (Lipinski definition) is 4. The van der Waals surface area contributed by atoms with Crippen LogP contribution in [0.15, 0.2) is 18.2 Å². The van der Waals surface area contributed by atoms with Crippen LogP contribution < -0.4 is 10.6 Å². The van der Waals surface area contributed by atoms with E-state index in [0.717, 1.165) is 36.0 Å². The predicted octanol–water partition coefficient (Wildman–Crippen LogP) is 4.16. The summed E-state index contributed by atoms with van der Waals surface area (Å²) in [6, 6.07) is 4.26. The molecule has 1 aromatic carbocycles. The van der Waals surface area contributed by atoms with Gasteiger partial charge in [0.05, 0.1) is 0 Å². The van der Waals surface area contributed by atoms with Crippen LogP contribution in [0, 0.1) is 13.8 Å². The molecule has 2 N–H and O–H groups in total. The van der Waals surface area contributed by atoms with Gasteiger partial charge in [0, 0.05) is 12.1 Å². The van der Waals surface area contributed by atoms with E-state index >= 15 is 0 Å². The molecule has 7 nitrogen and oxygen atoms in total. The summed E-state index contributed by atoms with van der Waals surface area (Å²) < 4.78 is 5.32. The lowest BCUT2D eigenvalue weighted by atomic mass is 9.87. The second-order valence-corrected chi connectivity index (χ2v) is 10.2. The number of ether oxygens (including phenoxy) is 1. The summed E-state index contributed by atoms with van der Waals surface area (Å²) in [7, 11) is 0. The largest absolute Gasteiger partial charge is 0.444 e. The van der Waals surface area contributed by atoms with Gasteiger partial charge < -0.3 is 20.3 Å². The van der Waals surface area contributed by atoms with E-state index in [0.29, 0.717) is 0 Å². The fourth-order valence-electron chi connectivity index (χ4n) is 3.92. The van der Waals surface area contributed by atoms with Gasteiger partial charge >= 0.3 is 6.09 Å². The standard InChI is InChI=1S/C25H39N3O4/c1-15(2)26-22(29)21(19-13-16(3)12-17(4)14-19)28(20-10-9-11-20)23(30)18(5)27-24(31)32-25(6,7)8/h12-15,18,20-21H,9-11H2,1-8H3,(H,26,29)(H,27,31). The van der Waals surface area contributed by atoms with Gasteiger partial charge in [0.15, 0.2) is 0 Å². The highest BCUT2D eigenvalue weighted by molar-refractivity contribution is 5.92. The summed E-state index contributed by atoms with van der Waals surface area (Å²) in [5.74, 6) is -0.502. The monoisotopic (exact) mass is 445 g/mol. The minimum absolute atomic E-state index is 0.0471. The molecule has 1 aliphatic carbocycles. The van der Waals surface area contributed by atoms with E-state index in [4.69, 9.17) is 4.74 Å². The number of rotatable bonds is 7. The zero-order valence-corrected chi connectivity index (χ0v) is 20.7. The normalized spacial score (nSPS) is 16.0. The van der Waals surface area contributed by atoms with Crippen molar-refractivity contribution in [2.45, 2.75) is 104 Å². The van der Waals surface area contributed by atoms with Gasteiger partial charge in [0.25, 0.3) is 0 Å². The second-order valence-electron chi connectivity index (χ2n) is 10.2. The van der Waals surface area contributed by atoms with Crippen molar-refractivity contribution in [3.05, 3.63) is 34.9 Å². The molecule has 0 heterocycles. The number of aryl methyl sites for hydroxylation is 2. The summed E-state index contributed by atoms with van der Waals surface area (Å²) in [6.07, 6.45) is 2.03. The number of benzene rings is 1. The zero-order chi connectivity index (χ0) is 24.2. The van der Waals surface area contributed by atoms with Crippen LogP contribution in [0.5, 0.6) is 0 Å². The molecule has 0 aliphatic heterocycles. The first-order valence-corrected chi connectivity index (χ1v) is 11.5. The van der Waals surface area contributed by atoms with Gasteiger partial charge in [0.1, 0.15) is 17.7 Å². The van der Waals surface area contributed by atoms with Crippen LogP contribution in [0.4, 0.5) is 4.79 Å². The number of alkyl carbamates (subject to hydrolysis) is 1. The van der Waals surface area contributed by atoms with Crippen molar-refractivity contribution < 1.29 is 19.1 Å². The van der Waals surface area contributed by atoms with E-state index in [1.165, 1.54) is 0 Å². The lowest BCUT2D eigenvalue weighted by Gasteiger charge is -2.43. The molecule has 1 fully saturated rings. The van der Waals surface area contributed by atoms with Crippen molar-refractivity contribution in [3.8, 4) is 0 Å². The number of nitrogens with zero attached hydrogens (tertiary/aromatic N) is 1. The van der Waals surface area contributed by atoms with Gasteiger partial charge in [-0.05, 0) is 80.2 Å². The lowest BCUT2D eigenvalue weighted by molar-refractivity contribution is -0.147. The molecular weight excluding hydrogens is 406 g/mol. The van der Waals surface area contributed by atoms with Gasteiger partial charge in [-0.3, -0.25) is 9.59 Å². The Hall–Kier alpha value is -2.57. The molecule has 0 radical (unpaired) electrons. The summed E-state index contributed by atoms with van der Waals surface area (Å²) in [4.78, 5) is 41.0. The first-order chi connectivity index (χ1) is 14.8. The Morgan fingerprint density at radius 2 is 1.56 bits per heavy atom. The Kier molecular flexibility index (Phi) is 8.32. The fraction of sp³-hybridized carbons (Fsp3) is 0.640. The molecule has 1 aliphatic rings. The first kappa shape index (κ1) is 25.7. The average Bonchev–Trinajstić information content (AvgIpc) is 2.55. The van der Waals surface area contributed by atoms with Crippen molar-refractivity contribution in [2.24, 2.45) is 0 Å². The Bertz CT molecular complexity index is 820. The van der Waals surface area contributed by atoms with Gasteiger partial charge in [-0.2, -0.15) is 0 Å². The smallest absolute Gasteiger partial charge is 0.408 e. The van der Waals surface area contributed by atoms with E-state index in [1.54, 1.807) is 32.6 Å². The molecule has 7 heteroatoms. The van der Waals surface area contributed by atoms with Crippen molar-refractivity contribution in [1.29, 1.82) is 0 Å². The fourth-order valence-corrected chi connectivity index (χ4v) is 3.92. The minimum atomic E-state index is -0.828. The van der Waals surface area contributed by atoms with Crippen LogP contribution in [0.2, 0.25) is 0 Å². The number of carbonyl (C=O) groups is 3. The van der Waals surface area contributed by atoms with Crippen molar-refractivity contribution in [2.75, 3.05) is 0 Å². The number of hydrogen-bond donors (Lipinski definition) is 2. The maximum atomic E-state index is 13.6. The summed E-state index contributed by atoms with van der Waals surface area (Å²) in [6.45, 7) is 14.7. The van der Waals surface area contributed by atoms with E-state index < -0.39 is 23.8 Å². The molecule has 1 aromatic rings. The second kappa shape index (κ2) is 10.4. The summed E-state index contributed by atoms with van der Waals surface area (Å²) >= 11 is 0. The average molecular weight is 446 g/mol. The number of carbonyl (C=O) groups excluding carboxylic acids is 3. The highest BCUT2D eigenvalue weighted by Crippen LogP contribution is 2.34. The first-order valence-electron chi connectivity index (χ1n) is 11.5. The van der Waals surface area contributed by atoms with Crippen molar-refractivity contribution in [3.63, 3.8) is 0 Å². The third kappa shape index (κ3) is 6.97. The molecule has 178 valence electrons. The molecule has 2 atom stereocenters. The molecule has 2 rings (SSSR count). The maximum absolute atomic E-state index is 13.6. The Labute approximate surface area is 192 Å². The highest BCUT2D eigenvalue weighted by atomic mass is 16.6. The number of amides is 3. The molecule has 0 spiro atoms. The van der Waals surface area contributed by atoms with Crippen molar-refractivity contribution in [1.82, 2.24) is 15.5 Å². The Balaban J connectivity index is 2.41. The van der Waals surface area contributed by atoms with Crippen LogP contribution in [-0.2, 0) is 14.3 Å². The van der Waals surface area contributed by atoms with Crippen LogP contribution in [0.3, 0.4) is 0 Å². The third-order valence-corrected chi connectivity index (χ3v) is 5.34. The van der Waals surface area contributed by atoms with Crippen LogP contribution in [0.25, 0.3) is 0 Å². The summed E-state index contributed by atoms with van der Waals surface area (Å²) in [5.41, 5.74) is 2.18. The molecule has 2 unspecified atom stereocenters. The van der Waals surface area contributed by atoms with E-state index in [1.807, 2.05) is 45.9 Å². The lowest BCUT2D eigenvalue weighted by Crippen LogP contribution is -2.57. The van der Waals surface area contributed by atoms with Crippen LogP contribution >= 0.6 is 0 Å². The molecule has 0 aromatic heterocycles. The van der Waals surface area contributed by atoms with E-state index in [2.05, 4.69) is 10.6 Å². The van der Waals surface area contributed by atoms with Gasteiger partial charge in [-0.15, -0.1) is 0 Å². The number of nitrogens with one attached hydrogen (secondary N) is 2. The molecule has 1 saturated carbocycles. The highest BCUT2D eigenvalue weighted by Gasteiger charge is 2.41. The van der Waals surface area contributed by atoms with Crippen molar-refractivity contribution >= 4 is 17.9 Å². The minimum Gasteiger partial charge on any atom is -0.444 e. The molecule has 0 saturated heterocycles. The van der Waals surface area contributed by atoms with Gasteiger partial charge in [0.2, 0.25) is 11.8 Å². The quantitative estimate of drug-likeness (QED) is 0.660. The van der Waals surface area contributed by atoms with E-state index in [-0.39, 0.29) is 23.9 Å². The van der Waals surface area contributed by atoms with Gasteiger partial charge in [-0.25, -0.2) is 4.79 Å². The van der Waals surface area contributed by atoms with Gasteiger partial charge in [-0.1, -0.05) is 29.3 Å². The van der Waals surface area contributed by atoms with Crippen LogP contribution in [-0.4, -0.2) is 46.5 Å². The predicted molar refractivity (Wildman–Crippen MR) is 125 cm³/mol. The third-order valence-electron chi connectivity index (χ3n) is 5.34. The topological polar surface area (TPSA) is 87.7 Å². The SMILES string of the molecule is Cc1cc(C)cc(C(C(=O)NC(C)C)N(C(=O)C(C)NC(=O)OC(C)(C)C)C2CCC2)c1. The Morgan fingerprint density at radius 1 is 1.00 bits per heavy atom. The molecular formula is C25H39N3O4.